The van der Waals surface area contributed by atoms with Gasteiger partial charge in [-0.05, 0) is 60.1 Å². The summed E-state index contributed by atoms with van der Waals surface area (Å²) in [5, 5.41) is 10.1. The summed E-state index contributed by atoms with van der Waals surface area (Å²) in [5.41, 5.74) is 2.62. The van der Waals surface area contributed by atoms with Gasteiger partial charge in [-0.25, -0.2) is 0 Å². The molecule has 0 amide bonds. The molecule has 0 aliphatic carbocycles. The van der Waals surface area contributed by atoms with Crippen LogP contribution < -0.4 is 0 Å². The van der Waals surface area contributed by atoms with Crippen LogP contribution in [0.5, 0.6) is 5.75 Å². The van der Waals surface area contributed by atoms with Crippen molar-refractivity contribution in [3.63, 3.8) is 0 Å². The summed E-state index contributed by atoms with van der Waals surface area (Å²) in [4.78, 5) is 0. The van der Waals surface area contributed by atoms with E-state index in [1.165, 1.54) is 11.1 Å². The van der Waals surface area contributed by atoms with Crippen LogP contribution in [0.3, 0.4) is 0 Å². The van der Waals surface area contributed by atoms with E-state index in [-0.39, 0.29) is 0 Å². The molecule has 0 aliphatic heterocycles. The molecule has 106 valence electrons. The average molecular weight is 289 g/mol. The summed E-state index contributed by atoms with van der Waals surface area (Å²) >= 11 is 5.95. The van der Waals surface area contributed by atoms with Gasteiger partial charge in [-0.2, -0.15) is 0 Å². The molecular formula is C18H21ClO. The van der Waals surface area contributed by atoms with E-state index < -0.39 is 0 Å². The minimum absolute atomic E-state index is 0.325. The van der Waals surface area contributed by atoms with Gasteiger partial charge in [-0.3, -0.25) is 0 Å². The Bertz CT molecular complexity index is 530. The van der Waals surface area contributed by atoms with E-state index in [0.29, 0.717) is 17.6 Å². The molecule has 2 aromatic carbocycles. The number of hydrogen-bond donors (Lipinski definition) is 1. The molecule has 0 bridgehead atoms. The molecule has 2 unspecified atom stereocenters. The molecule has 0 aromatic heterocycles. The first-order valence-corrected chi connectivity index (χ1v) is 7.52. The second-order valence-corrected chi connectivity index (χ2v) is 5.82. The molecule has 0 saturated carbocycles. The van der Waals surface area contributed by atoms with Crippen LogP contribution in [0.1, 0.15) is 49.7 Å². The van der Waals surface area contributed by atoms with Crippen molar-refractivity contribution in [2.75, 3.05) is 0 Å². The largest absolute Gasteiger partial charge is 0.508 e. The van der Waals surface area contributed by atoms with Crippen LogP contribution in [0, 0.1) is 0 Å². The number of phenolic OH excluding ortho intramolecular Hbond substituents is 1. The Balaban J connectivity index is 2.09. The zero-order valence-corrected chi connectivity index (χ0v) is 12.8. The van der Waals surface area contributed by atoms with Gasteiger partial charge in [-0.15, -0.1) is 0 Å². The van der Waals surface area contributed by atoms with Crippen LogP contribution in [-0.2, 0) is 0 Å². The lowest BCUT2D eigenvalue weighted by molar-refractivity contribution is 0.474. The molecule has 2 aromatic rings. The Morgan fingerprint density at radius 1 is 0.950 bits per heavy atom. The van der Waals surface area contributed by atoms with E-state index in [1.54, 1.807) is 12.1 Å². The summed E-state index contributed by atoms with van der Waals surface area (Å²) in [6.45, 7) is 4.47. The Labute approximate surface area is 126 Å². The number of rotatable bonds is 5. The molecule has 0 spiro atoms. The van der Waals surface area contributed by atoms with Gasteiger partial charge < -0.3 is 5.11 Å². The third-order valence-electron chi connectivity index (χ3n) is 3.93. The Morgan fingerprint density at radius 2 is 1.50 bits per heavy atom. The van der Waals surface area contributed by atoms with E-state index in [2.05, 4.69) is 26.0 Å². The van der Waals surface area contributed by atoms with Gasteiger partial charge in [0.1, 0.15) is 5.75 Å². The lowest BCUT2D eigenvalue weighted by Crippen LogP contribution is -2.03. The fourth-order valence-corrected chi connectivity index (χ4v) is 2.77. The lowest BCUT2D eigenvalue weighted by atomic mass is 9.85. The maximum Gasteiger partial charge on any atom is 0.115 e. The van der Waals surface area contributed by atoms with Gasteiger partial charge in [0.05, 0.1) is 0 Å². The Kier molecular flexibility index (Phi) is 5.08. The van der Waals surface area contributed by atoms with Crippen LogP contribution in [0.15, 0.2) is 48.5 Å². The molecular weight excluding hydrogens is 268 g/mol. The molecule has 0 fully saturated rings. The molecule has 0 radical (unpaired) electrons. The maximum atomic E-state index is 9.36. The van der Waals surface area contributed by atoms with Crippen molar-refractivity contribution in [1.29, 1.82) is 0 Å². The average Bonchev–Trinajstić information content (AvgIpc) is 2.46. The number of halogens is 1. The quantitative estimate of drug-likeness (QED) is 0.744. The first-order chi connectivity index (χ1) is 9.60. The highest BCUT2D eigenvalue weighted by Crippen LogP contribution is 2.32. The SMILES string of the molecule is CCC(CC(C)c1ccc(O)cc1)c1ccc(Cl)cc1. The standard InChI is InChI=1S/C18H21ClO/c1-3-14(16-4-8-17(19)9-5-16)12-13(2)15-6-10-18(20)11-7-15/h4-11,13-14,20H,3,12H2,1-2H3. The third-order valence-corrected chi connectivity index (χ3v) is 4.19. The predicted octanol–water partition coefficient (Wildman–Crippen LogP) is 5.73. The van der Waals surface area contributed by atoms with Crippen molar-refractivity contribution in [1.82, 2.24) is 0 Å². The van der Waals surface area contributed by atoms with Gasteiger partial charge in [0, 0.05) is 5.02 Å². The van der Waals surface area contributed by atoms with Crippen molar-refractivity contribution < 1.29 is 5.11 Å². The minimum atomic E-state index is 0.325. The van der Waals surface area contributed by atoms with Crippen LogP contribution in [0.2, 0.25) is 5.02 Å². The van der Waals surface area contributed by atoms with Crippen LogP contribution >= 0.6 is 11.6 Å². The van der Waals surface area contributed by atoms with E-state index >= 15 is 0 Å². The molecule has 20 heavy (non-hydrogen) atoms. The third kappa shape index (κ3) is 3.77. The summed E-state index contributed by atoms with van der Waals surface area (Å²) in [6, 6.07) is 15.7. The highest BCUT2D eigenvalue weighted by Gasteiger charge is 2.15. The summed E-state index contributed by atoms with van der Waals surface area (Å²) in [7, 11) is 0. The second-order valence-electron chi connectivity index (χ2n) is 5.39. The Morgan fingerprint density at radius 3 is 2.05 bits per heavy atom. The number of hydrogen-bond acceptors (Lipinski definition) is 1. The molecule has 0 aliphatic rings. The lowest BCUT2D eigenvalue weighted by Gasteiger charge is -2.20. The molecule has 0 heterocycles. The van der Waals surface area contributed by atoms with E-state index in [9.17, 15) is 5.11 Å². The molecule has 1 nitrogen and oxygen atoms in total. The normalized spacial score (nSPS) is 13.9. The predicted molar refractivity (Wildman–Crippen MR) is 85.6 cm³/mol. The maximum absolute atomic E-state index is 9.36. The van der Waals surface area contributed by atoms with Crippen molar-refractivity contribution in [2.45, 2.75) is 38.5 Å². The first kappa shape index (κ1) is 14.9. The first-order valence-electron chi connectivity index (χ1n) is 7.14. The molecule has 1 N–H and O–H groups in total. The highest BCUT2D eigenvalue weighted by atomic mass is 35.5. The van der Waals surface area contributed by atoms with E-state index in [1.807, 2.05) is 24.3 Å². The topological polar surface area (TPSA) is 20.2 Å². The fourth-order valence-electron chi connectivity index (χ4n) is 2.64. The van der Waals surface area contributed by atoms with Crippen LogP contribution in [0.25, 0.3) is 0 Å². The van der Waals surface area contributed by atoms with Crippen LogP contribution in [-0.4, -0.2) is 5.11 Å². The smallest absolute Gasteiger partial charge is 0.115 e. The van der Waals surface area contributed by atoms with Gasteiger partial charge in [0.15, 0.2) is 0 Å². The van der Waals surface area contributed by atoms with E-state index in [4.69, 9.17) is 11.6 Å². The van der Waals surface area contributed by atoms with Crippen molar-refractivity contribution in [3.05, 3.63) is 64.7 Å². The van der Waals surface area contributed by atoms with Crippen molar-refractivity contribution >= 4 is 11.6 Å². The number of phenols is 1. The van der Waals surface area contributed by atoms with Crippen LogP contribution in [0.4, 0.5) is 0 Å². The zero-order valence-electron chi connectivity index (χ0n) is 12.0. The van der Waals surface area contributed by atoms with Gasteiger partial charge in [-0.1, -0.05) is 49.7 Å². The van der Waals surface area contributed by atoms with Gasteiger partial charge >= 0.3 is 0 Å². The summed E-state index contributed by atoms with van der Waals surface area (Å²) in [6.07, 6.45) is 2.22. The molecule has 2 atom stereocenters. The summed E-state index contributed by atoms with van der Waals surface area (Å²) < 4.78 is 0. The van der Waals surface area contributed by atoms with Gasteiger partial charge in [0.25, 0.3) is 0 Å². The molecule has 0 saturated heterocycles. The monoisotopic (exact) mass is 288 g/mol. The van der Waals surface area contributed by atoms with Crippen molar-refractivity contribution in [2.24, 2.45) is 0 Å². The highest BCUT2D eigenvalue weighted by molar-refractivity contribution is 6.30. The Hall–Kier alpha value is -1.47. The molecule has 2 heteroatoms. The molecule has 2 rings (SSSR count). The van der Waals surface area contributed by atoms with Gasteiger partial charge in [0.2, 0.25) is 0 Å². The van der Waals surface area contributed by atoms with Crippen molar-refractivity contribution in [3.8, 4) is 5.75 Å². The minimum Gasteiger partial charge on any atom is -0.508 e. The zero-order chi connectivity index (χ0) is 14.5. The summed E-state index contributed by atoms with van der Waals surface area (Å²) in [5.74, 6) is 1.33. The fraction of sp³-hybridized carbons (Fsp3) is 0.333. The van der Waals surface area contributed by atoms with E-state index in [0.717, 1.165) is 17.9 Å². The number of benzene rings is 2. The second kappa shape index (κ2) is 6.81. The number of aromatic hydroxyl groups is 1.